The number of benzene rings is 1. The van der Waals surface area contributed by atoms with Crippen LogP contribution in [-0.2, 0) is 23.5 Å². The number of aromatic nitrogens is 1. The van der Waals surface area contributed by atoms with Gasteiger partial charge in [-0.05, 0) is 38.0 Å². The molecule has 1 amide bonds. The van der Waals surface area contributed by atoms with Crippen LogP contribution < -0.4 is 10.0 Å². The minimum Gasteiger partial charge on any atom is -0.379 e. The Labute approximate surface area is 173 Å². The van der Waals surface area contributed by atoms with Gasteiger partial charge in [-0.15, -0.1) is 5.92 Å². The number of aliphatic hydroxyl groups is 1. The van der Waals surface area contributed by atoms with Gasteiger partial charge in [-0.25, -0.2) is 17.5 Å². The van der Waals surface area contributed by atoms with Gasteiger partial charge in [-0.3, -0.25) is 4.79 Å². The molecule has 3 rings (SSSR count). The smallest absolute Gasteiger partial charge is 0.272 e. The molecule has 1 aliphatic heterocycles. The van der Waals surface area contributed by atoms with Crippen molar-refractivity contribution in [3.05, 3.63) is 47.0 Å². The van der Waals surface area contributed by atoms with E-state index in [1.165, 1.54) is 22.9 Å². The van der Waals surface area contributed by atoms with Crippen LogP contribution in [0.15, 0.2) is 29.3 Å². The number of rotatable bonds is 3. The van der Waals surface area contributed by atoms with Gasteiger partial charge in [0.25, 0.3) is 5.91 Å². The van der Waals surface area contributed by atoms with E-state index < -0.39 is 33.9 Å². The van der Waals surface area contributed by atoms with Gasteiger partial charge >= 0.3 is 0 Å². The third-order valence-corrected chi connectivity index (χ3v) is 6.33. The highest BCUT2D eigenvalue weighted by Gasteiger charge is 2.34. The molecule has 2 atom stereocenters. The van der Waals surface area contributed by atoms with Crippen molar-refractivity contribution in [2.45, 2.75) is 36.8 Å². The Balaban J connectivity index is 1.96. The summed E-state index contributed by atoms with van der Waals surface area (Å²) < 4.78 is 42.9. The van der Waals surface area contributed by atoms with E-state index in [9.17, 15) is 22.7 Å². The molecule has 2 heterocycles. The van der Waals surface area contributed by atoms with Crippen LogP contribution in [-0.4, -0.2) is 36.1 Å². The molecular weight excluding hydrogens is 411 g/mol. The van der Waals surface area contributed by atoms with Gasteiger partial charge in [0.1, 0.15) is 28.6 Å². The molecule has 0 spiro atoms. The monoisotopic (exact) mass is 430 g/mol. The summed E-state index contributed by atoms with van der Waals surface area (Å²) in [5.41, 5.74) is 0.410. The van der Waals surface area contributed by atoms with Gasteiger partial charge in [0, 0.05) is 24.5 Å². The Kier molecular flexibility index (Phi) is 5.94. The van der Waals surface area contributed by atoms with Crippen LogP contribution in [0.1, 0.15) is 35.0 Å². The fourth-order valence-electron chi connectivity index (χ4n) is 3.39. The Morgan fingerprint density at radius 3 is 2.87 bits per heavy atom. The van der Waals surface area contributed by atoms with Gasteiger partial charge in [0.2, 0.25) is 10.0 Å². The summed E-state index contributed by atoms with van der Waals surface area (Å²) in [6.07, 6.45) is 0.605. The van der Waals surface area contributed by atoms with Crippen LogP contribution >= 0.6 is 0 Å². The number of amides is 1. The molecule has 1 unspecified atom stereocenters. The lowest BCUT2D eigenvalue weighted by Crippen LogP contribution is -2.41. The lowest BCUT2D eigenvalue weighted by molar-refractivity contribution is 0.101. The minimum atomic E-state index is -3.99. The number of aliphatic hydroxyl groups excluding tert-OH is 1. The van der Waals surface area contributed by atoms with Crippen LogP contribution in [0.4, 0.5) is 10.1 Å². The number of nitrogens with one attached hydrogen (secondary N) is 2. The van der Waals surface area contributed by atoms with Gasteiger partial charge in [-0.2, -0.15) is 5.26 Å². The van der Waals surface area contributed by atoms with Gasteiger partial charge < -0.3 is 15.0 Å². The molecule has 0 radical (unpaired) electrons. The number of nitriles is 1. The zero-order chi connectivity index (χ0) is 22.1. The predicted molar refractivity (Wildman–Crippen MR) is 106 cm³/mol. The van der Waals surface area contributed by atoms with Crippen molar-refractivity contribution in [1.29, 1.82) is 5.26 Å². The average Bonchev–Trinajstić information content (AvgIpc) is 2.97. The second-order valence-electron chi connectivity index (χ2n) is 6.80. The third kappa shape index (κ3) is 4.07. The number of fused-ring (bicyclic) bond motifs is 1. The Bertz CT molecular complexity index is 1220. The molecule has 0 saturated heterocycles. The van der Waals surface area contributed by atoms with Crippen molar-refractivity contribution < 1.29 is 22.7 Å². The highest BCUT2D eigenvalue weighted by Crippen LogP contribution is 2.28. The first-order valence-electron chi connectivity index (χ1n) is 8.99. The van der Waals surface area contributed by atoms with E-state index in [1.54, 1.807) is 20.0 Å². The number of aryl methyl sites for hydroxylation is 1. The standard InChI is InChI=1S/C20H19FN4O4S/c1-3-4-17(26)16-8-6-14-18(30(28,29)24-16)11-25(2)19(14)20(27)23-13-5-7-15(21)12(9-13)10-22/h5,7,9,11,16-17,24,26H,6,8H2,1-2H3,(H,23,27)/t16?,17-/m0/s1. The second kappa shape index (κ2) is 8.28. The number of nitrogens with zero attached hydrogens (tertiary/aromatic N) is 2. The van der Waals surface area contributed by atoms with Crippen molar-refractivity contribution >= 4 is 21.6 Å². The molecule has 1 aromatic carbocycles. The van der Waals surface area contributed by atoms with E-state index in [-0.39, 0.29) is 34.7 Å². The fraction of sp³-hybridized carbons (Fsp3) is 0.300. The SMILES string of the molecule is CC#C[C@H](O)C1CCc2c(cn(C)c2C(=O)Nc2ccc(F)c(C#N)c2)S(=O)(=O)N1. The number of hydrogen-bond donors (Lipinski definition) is 3. The Hall–Kier alpha value is -3.18. The molecule has 0 saturated carbocycles. The van der Waals surface area contributed by atoms with Crippen LogP contribution in [0.2, 0.25) is 0 Å². The molecule has 8 nitrogen and oxygen atoms in total. The van der Waals surface area contributed by atoms with Crippen LogP contribution in [0.3, 0.4) is 0 Å². The number of carbonyl (C=O) groups is 1. The zero-order valence-electron chi connectivity index (χ0n) is 16.2. The van der Waals surface area contributed by atoms with E-state index in [4.69, 9.17) is 5.26 Å². The molecule has 2 aromatic rings. The molecule has 1 aromatic heterocycles. The third-order valence-electron chi connectivity index (χ3n) is 4.78. The fourth-order valence-corrected chi connectivity index (χ4v) is 4.98. The topological polar surface area (TPSA) is 124 Å². The van der Waals surface area contributed by atoms with Crippen molar-refractivity contribution in [3.8, 4) is 17.9 Å². The summed E-state index contributed by atoms with van der Waals surface area (Å²) in [5, 5.41) is 21.6. The lowest BCUT2D eigenvalue weighted by atomic mass is 10.0. The summed E-state index contributed by atoms with van der Waals surface area (Å²) >= 11 is 0. The number of carbonyl (C=O) groups excluding carboxylic acids is 1. The molecule has 0 fully saturated rings. The largest absolute Gasteiger partial charge is 0.379 e. The number of anilines is 1. The quantitative estimate of drug-likeness (QED) is 0.633. The molecule has 0 bridgehead atoms. The molecule has 1 aliphatic rings. The number of sulfonamides is 1. The van der Waals surface area contributed by atoms with Gasteiger partial charge in [0.05, 0.1) is 11.6 Å². The molecular formula is C20H19FN4O4S. The number of halogens is 1. The molecule has 156 valence electrons. The highest BCUT2D eigenvalue weighted by atomic mass is 32.2. The van der Waals surface area contributed by atoms with Crippen LogP contribution in [0.25, 0.3) is 0 Å². The maximum Gasteiger partial charge on any atom is 0.272 e. The summed E-state index contributed by atoms with van der Waals surface area (Å²) in [7, 11) is -2.45. The summed E-state index contributed by atoms with van der Waals surface area (Å²) in [6.45, 7) is 1.54. The van der Waals surface area contributed by atoms with Crippen molar-refractivity contribution in [1.82, 2.24) is 9.29 Å². The lowest BCUT2D eigenvalue weighted by Gasteiger charge is -2.17. The van der Waals surface area contributed by atoms with Crippen molar-refractivity contribution in [2.75, 3.05) is 5.32 Å². The van der Waals surface area contributed by atoms with Gasteiger partial charge in [-0.1, -0.05) is 5.92 Å². The Morgan fingerprint density at radius 1 is 1.47 bits per heavy atom. The van der Waals surface area contributed by atoms with Gasteiger partial charge in [0.15, 0.2) is 0 Å². The second-order valence-corrected chi connectivity index (χ2v) is 8.48. The van der Waals surface area contributed by atoms with Crippen LogP contribution in [0.5, 0.6) is 0 Å². The molecule has 0 aliphatic carbocycles. The van der Waals surface area contributed by atoms with Crippen molar-refractivity contribution in [3.63, 3.8) is 0 Å². The summed E-state index contributed by atoms with van der Waals surface area (Å²) in [5.74, 6) is 3.78. The predicted octanol–water partition coefficient (Wildman–Crippen LogP) is 1.27. The van der Waals surface area contributed by atoms with Crippen LogP contribution in [0, 0.1) is 29.0 Å². The molecule has 10 heteroatoms. The van der Waals surface area contributed by atoms with E-state index in [0.29, 0.717) is 5.56 Å². The number of hydrogen-bond acceptors (Lipinski definition) is 5. The van der Waals surface area contributed by atoms with Crippen molar-refractivity contribution in [2.24, 2.45) is 7.05 Å². The first kappa shape index (κ1) is 21.5. The Morgan fingerprint density at radius 2 is 2.20 bits per heavy atom. The maximum absolute atomic E-state index is 13.5. The van der Waals surface area contributed by atoms with E-state index in [2.05, 4.69) is 21.9 Å². The zero-order valence-corrected chi connectivity index (χ0v) is 17.0. The summed E-state index contributed by atoms with van der Waals surface area (Å²) in [4.78, 5) is 12.8. The minimum absolute atomic E-state index is 0.0499. The first-order chi connectivity index (χ1) is 14.2. The summed E-state index contributed by atoms with van der Waals surface area (Å²) in [6, 6.07) is 4.45. The molecule has 3 N–H and O–H groups in total. The normalized spacial score (nSPS) is 18.2. The first-order valence-corrected chi connectivity index (χ1v) is 10.5. The molecule has 30 heavy (non-hydrogen) atoms. The van der Waals surface area contributed by atoms with E-state index >= 15 is 0 Å². The average molecular weight is 430 g/mol. The van der Waals surface area contributed by atoms with E-state index in [0.717, 1.165) is 6.07 Å². The van der Waals surface area contributed by atoms with E-state index in [1.807, 2.05) is 0 Å². The maximum atomic E-state index is 13.5. The highest BCUT2D eigenvalue weighted by molar-refractivity contribution is 7.89.